The van der Waals surface area contributed by atoms with E-state index in [4.69, 9.17) is 9.47 Å². The smallest absolute Gasteiger partial charge is 0.257 e. The lowest BCUT2D eigenvalue weighted by atomic mass is 9.93. The average Bonchev–Trinajstić information content (AvgIpc) is 2.61. The molecule has 0 saturated carbocycles. The predicted octanol–water partition coefficient (Wildman–Crippen LogP) is 2.41. The Kier molecular flexibility index (Phi) is 4.46. The van der Waals surface area contributed by atoms with Crippen molar-refractivity contribution in [2.24, 2.45) is 16.0 Å². The Bertz CT molecular complexity index is 765. The number of hydrogen-bond donors (Lipinski definition) is 0. The van der Waals surface area contributed by atoms with Gasteiger partial charge in [-0.1, -0.05) is 24.3 Å². The van der Waals surface area contributed by atoms with Crippen molar-refractivity contribution in [3.8, 4) is 11.5 Å². The minimum absolute atomic E-state index is 0.0789. The molecule has 0 aromatic heterocycles. The molecule has 2 atom stereocenters. The van der Waals surface area contributed by atoms with E-state index in [0.717, 1.165) is 5.56 Å². The molecule has 0 unspecified atom stereocenters. The van der Waals surface area contributed by atoms with Crippen molar-refractivity contribution >= 4 is 18.0 Å². The molecule has 0 bridgehead atoms. The molecular weight excluding hydrogens is 306 g/mol. The maximum absolute atomic E-state index is 12.6. The van der Waals surface area contributed by atoms with Crippen LogP contribution < -0.4 is 9.47 Å². The molecule has 3 rings (SSSR count). The van der Waals surface area contributed by atoms with Crippen molar-refractivity contribution in [1.29, 1.82) is 0 Å². The summed E-state index contributed by atoms with van der Waals surface area (Å²) in [6, 6.07) is 5.31. The van der Waals surface area contributed by atoms with Gasteiger partial charge in [-0.2, -0.15) is 10.1 Å². The van der Waals surface area contributed by atoms with Gasteiger partial charge in [-0.15, -0.1) is 0 Å². The molecule has 0 radical (unpaired) electrons. The third-order valence-electron chi connectivity index (χ3n) is 3.97. The summed E-state index contributed by atoms with van der Waals surface area (Å²) in [6.07, 6.45) is 9.18. The first kappa shape index (κ1) is 16.0. The maximum atomic E-state index is 12.6. The molecule has 0 N–H and O–H groups in total. The van der Waals surface area contributed by atoms with E-state index in [2.05, 4.69) is 10.1 Å². The number of fused-ring (bicyclic) bond motifs is 1. The third-order valence-corrected chi connectivity index (χ3v) is 3.97. The van der Waals surface area contributed by atoms with Gasteiger partial charge in [0.15, 0.2) is 11.5 Å². The van der Waals surface area contributed by atoms with Crippen LogP contribution in [-0.2, 0) is 4.79 Å². The van der Waals surface area contributed by atoms with Crippen molar-refractivity contribution in [2.45, 2.75) is 13.0 Å². The molecule has 1 aliphatic carbocycles. The molecule has 2 aliphatic rings. The van der Waals surface area contributed by atoms with Crippen LogP contribution in [0.25, 0.3) is 0 Å². The van der Waals surface area contributed by atoms with E-state index in [1.54, 1.807) is 39.5 Å². The molecule has 0 spiro atoms. The highest BCUT2D eigenvalue weighted by Crippen LogP contribution is 2.27. The van der Waals surface area contributed by atoms with Gasteiger partial charge in [0, 0.05) is 0 Å². The van der Waals surface area contributed by atoms with E-state index >= 15 is 0 Å². The SMILES string of the molecule is COc1ccc(/C=N\N2C(=O)[C@H]3C=CC=C[C@@H]3N=C2C)cc1OC. The lowest BCUT2D eigenvalue weighted by Gasteiger charge is -2.30. The van der Waals surface area contributed by atoms with Gasteiger partial charge in [0.05, 0.1) is 32.4 Å². The molecule has 24 heavy (non-hydrogen) atoms. The van der Waals surface area contributed by atoms with Crippen LogP contribution in [0.2, 0.25) is 0 Å². The first-order valence-electron chi connectivity index (χ1n) is 7.63. The second-order valence-electron chi connectivity index (χ2n) is 5.47. The van der Waals surface area contributed by atoms with Gasteiger partial charge >= 0.3 is 0 Å². The molecule has 124 valence electrons. The van der Waals surface area contributed by atoms with Gasteiger partial charge in [-0.3, -0.25) is 9.79 Å². The topological polar surface area (TPSA) is 63.5 Å². The third kappa shape index (κ3) is 2.95. The minimum atomic E-state index is -0.291. The lowest BCUT2D eigenvalue weighted by Crippen LogP contribution is -2.44. The standard InChI is InChI=1S/C18H19N3O3/c1-12-20-15-7-5-4-6-14(15)18(22)21(12)19-11-13-8-9-16(23-2)17(10-13)24-3/h4-11,14-15H,1-3H3/b19-11-/t14-,15-/m0/s1. The lowest BCUT2D eigenvalue weighted by molar-refractivity contribution is -0.131. The van der Waals surface area contributed by atoms with Gasteiger partial charge < -0.3 is 9.47 Å². The van der Waals surface area contributed by atoms with Gasteiger partial charge in [0.25, 0.3) is 5.91 Å². The number of amidine groups is 1. The predicted molar refractivity (Wildman–Crippen MR) is 92.7 cm³/mol. The zero-order valence-corrected chi connectivity index (χ0v) is 13.8. The van der Waals surface area contributed by atoms with Crippen molar-refractivity contribution in [1.82, 2.24) is 5.01 Å². The van der Waals surface area contributed by atoms with Crippen molar-refractivity contribution in [3.05, 3.63) is 48.1 Å². The zero-order chi connectivity index (χ0) is 17.1. The van der Waals surface area contributed by atoms with Gasteiger partial charge in [0.1, 0.15) is 5.84 Å². The van der Waals surface area contributed by atoms with E-state index in [1.807, 2.05) is 30.4 Å². The number of rotatable bonds is 4. The molecular formula is C18H19N3O3. The minimum Gasteiger partial charge on any atom is -0.493 e. The number of benzene rings is 1. The molecule has 0 saturated heterocycles. The summed E-state index contributed by atoms with van der Waals surface area (Å²) in [5.41, 5.74) is 0.800. The largest absolute Gasteiger partial charge is 0.493 e. The molecule has 1 aliphatic heterocycles. The first-order valence-corrected chi connectivity index (χ1v) is 7.63. The second-order valence-corrected chi connectivity index (χ2v) is 5.47. The Labute approximate surface area is 140 Å². The second kappa shape index (κ2) is 6.70. The van der Waals surface area contributed by atoms with E-state index in [1.165, 1.54) is 5.01 Å². The summed E-state index contributed by atoms with van der Waals surface area (Å²) in [5, 5.41) is 5.66. The average molecular weight is 325 g/mol. The first-order chi connectivity index (χ1) is 11.6. The van der Waals surface area contributed by atoms with Crippen LogP contribution in [0.4, 0.5) is 0 Å². The summed E-state index contributed by atoms with van der Waals surface area (Å²) in [4.78, 5) is 17.2. The number of nitrogens with zero attached hydrogens (tertiary/aromatic N) is 3. The van der Waals surface area contributed by atoms with Crippen LogP contribution in [0.1, 0.15) is 12.5 Å². The summed E-state index contributed by atoms with van der Waals surface area (Å²) >= 11 is 0. The quantitative estimate of drug-likeness (QED) is 0.799. The number of hydrazone groups is 1. The Hall–Kier alpha value is -2.89. The van der Waals surface area contributed by atoms with Gasteiger partial charge in [-0.25, -0.2) is 0 Å². The van der Waals surface area contributed by atoms with E-state index in [0.29, 0.717) is 17.3 Å². The van der Waals surface area contributed by atoms with E-state index < -0.39 is 0 Å². The summed E-state index contributed by atoms with van der Waals surface area (Å²) < 4.78 is 10.5. The summed E-state index contributed by atoms with van der Waals surface area (Å²) in [5.74, 6) is 1.46. The Morgan fingerprint density at radius 1 is 1.17 bits per heavy atom. The normalized spacial score (nSPS) is 22.5. The Morgan fingerprint density at radius 2 is 1.92 bits per heavy atom. The van der Waals surface area contributed by atoms with Crippen LogP contribution in [-0.4, -0.2) is 43.2 Å². The maximum Gasteiger partial charge on any atom is 0.257 e. The Morgan fingerprint density at radius 3 is 2.67 bits per heavy atom. The van der Waals surface area contributed by atoms with Crippen LogP contribution in [0, 0.1) is 5.92 Å². The number of carbonyl (C=O) groups is 1. The molecule has 6 heteroatoms. The van der Waals surface area contributed by atoms with Crippen molar-refractivity contribution < 1.29 is 14.3 Å². The fourth-order valence-corrected chi connectivity index (χ4v) is 2.72. The molecule has 1 amide bonds. The van der Waals surface area contributed by atoms with Gasteiger partial charge in [0.2, 0.25) is 0 Å². The summed E-state index contributed by atoms with van der Waals surface area (Å²) in [6.45, 7) is 1.78. The number of allylic oxidation sites excluding steroid dienone is 2. The molecule has 6 nitrogen and oxygen atoms in total. The zero-order valence-electron chi connectivity index (χ0n) is 13.8. The number of amides is 1. The van der Waals surface area contributed by atoms with Crippen LogP contribution in [0.5, 0.6) is 11.5 Å². The highest BCUT2D eigenvalue weighted by atomic mass is 16.5. The highest BCUT2D eigenvalue weighted by molar-refractivity contribution is 6.02. The van der Waals surface area contributed by atoms with Crippen molar-refractivity contribution in [2.75, 3.05) is 14.2 Å². The van der Waals surface area contributed by atoms with Crippen molar-refractivity contribution in [3.63, 3.8) is 0 Å². The fourth-order valence-electron chi connectivity index (χ4n) is 2.72. The molecule has 1 heterocycles. The fraction of sp³-hybridized carbons (Fsp3) is 0.278. The van der Waals surface area contributed by atoms with Gasteiger partial charge in [-0.05, 0) is 30.7 Å². The van der Waals surface area contributed by atoms with E-state index in [9.17, 15) is 4.79 Å². The molecule has 1 aromatic carbocycles. The number of carbonyl (C=O) groups excluding carboxylic acids is 1. The number of methoxy groups -OCH3 is 2. The monoisotopic (exact) mass is 325 g/mol. The summed E-state index contributed by atoms with van der Waals surface area (Å²) in [7, 11) is 3.16. The molecule has 0 fully saturated rings. The van der Waals surface area contributed by atoms with Crippen LogP contribution >= 0.6 is 0 Å². The van der Waals surface area contributed by atoms with E-state index in [-0.39, 0.29) is 17.9 Å². The van der Waals surface area contributed by atoms with Crippen LogP contribution in [0.15, 0.2) is 52.6 Å². The number of ether oxygens (including phenoxy) is 2. The molecule has 1 aromatic rings. The number of hydrogen-bond acceptors (Lipinski definition) is 5. The van der Waals surface area contributed by atoms with Crippen LogP contribution in [0.3, 0.4) is 0 Å². The highest BCUT2D eigenvalue weighted by Gasteiger charge is 2.35. The Balaban J connectivity index is 1.85. The number of aliphatic imine (C=N–C) groups is 1.